The van der Waals surface area contributed by atoms with Crippen molar-refractivity contribution in [2.75, 3.05) is 23.3 Å². The number of aromatic nitrogens is 2. The fraction of sp³-hybridized carbons (Fsp3) is 0.375. The van der Waals surface area contributed by atoms with Crippen LogP contribution in [-0.4, -0.2) is 35.1 Å². The molecular formula is C24H27F2N5O. The van der Waals surface area contributed by atoms with Gasteiger partial charge < -0.3 is 15.5 Å². The smallest absolute Gasteiger partial charge is 0.319 e. The Morgan fingerprint density at radius 2 is 1.88 bits per heavy atom. The van der Waals surface area contributed by atoms with Crippen molar-refractivity contribution in [1.29, 1.82) is 0 Å². The van der Waals surface area contributed by atoms with Gasteiger partial charge in [0.1, 0.15) is 5.82 Å². The predicted octanol–water partition coefficient (Wildman–Crippen LogP) is 5.15. The van der Waals surface area contributed by atoms with Crippen LogP contribution in [0, 0.1) is 13.8 Å². The number of piperidine rings is 1. The summed E-state index contributed by atoms with van der Waals surface area (Å²) in [7, 11) is 0. The number of fused-ring (bicyclic) bond motifs is 1. The predicted molar refractivity (Wildman–Crippen MR) is 122 cm³/mol. The molecule has 6 nitrogen and oxygen atoms in total. The van der Waals surface area contributed by atoms with E-state index in [0.717, 1.165) is 34.8 Å². The number of alkyl halides is 2. The molecule has 168 valence electrons. The summed E-state index contributed by atoms with van der Waals surface area (Å²) < 4.78 is 27.9. The van der Waals surface area contributed by atoms with Crippen molar-refractivity contribution >= 4 is 28.3 Å². The maximum Gasteiger partial charge on any atom is 0.319 e. The van der Waals surface area contributed by atoms with Gasteiger partial charge >= 0.3 is 6.03 Å². The number of nitrogens with zero attached hydrogens (tertiary/aromatic N) is 3. The molecule has 1 fully saturated rings. The molecule has 1 aromatic carbocycles. The summed E-state index contributed by atoms with van der Waals surface area (Å²) in [6.07, 6.45) is 2.83. The van der Waals surface area contributed by atoms with E-state index in [9.17, 15) is 13.6 Å². The Bertz CT molecular complexity index is 1140. The quantitative estimate of drug-likeness (QED) is 0.590. The van der Waals surface area contributed by atoms with Crippen LogP contribution in [0.4, 0.5) is 25.1 Å². The van der Waals surface area contributed by atoms with E-state index in [4.69, 9.17) is 0 Å². The number of rotatable bonds is 4. The van der Waals surface area contributed by atoms with Gasteiger partial charge in [-0.3, -0.25) is 4.98 Å². The van der Waals surface area contributed by atoms with Gasteiger partial charge in [-0.2, -0.15) is 0 Å². The van der Waals surface area contributed by atoms with Crippen LogP contribution in [0.5, 0.6) is 0 Å². The van der Waals surface area contributed by atoms with E-state index in [-0.39, 0.29) is 17.6 Å². The molecule has 3 heterocycles. The molecule has 2 amide bonds. The number of amides is 2. The normalized spacial score (nSPS) is 15.1. The zero-order chi connectivity index (χ0) is 22.9. The second-order valence-corrected chi connectivity index (χ2v) is 8.37. The van der Waals surface area contributed by atoms with E-state index in [0.29, 0.717) is 31.7 Å². The van der Waals surface area contributed by atoms with Gasteiger partial charge in [-0.1, -0.05) is 12.1 Å². The van der Waals surface area contributed by atoms with Gasteiger partial charge in [0.2, 0.25) is 0 Å². The molecule has 2 aromatic heterocycles. The minimum Gasteiger partial charge on any atom is -0.356 e. The second-order valence-electron chi connectivity index (χ2n) is 8.37. The number of aryl methyl sites for hydroxylation is 2. The Morgan fingerprint density at radius 1 is 1.12 bits per heavy atom. The summed E-state index contributed by atoms with van der Waals surface area (Å²) in [4.78, 5) is 23.2. The minimum absolute atomic E-state index is 0.0411. The number of halogens is 2. The Labute approximate surface area is 186 Å². The van der Waals surface area contributed by atoms with Crippen molar-refractivity contribution < 1.29 is 13.6 Å². The number of hydrogen-bond donors (Lipinski definition) is 2. The highest BCUT2D eigenvalue weighted by Gasteiger charge is 2.32. The van der Waals surface area contributed by atoms with Crippen LogP contribution < -0.4 is 15.5 Å². The van der Waals surface area contributed by atoms with Crippen LogP contribution >= 0.6 is 0 Å². The number of carbonyl (C=O) groups is 1. The Morgan fingerprint density at radius 3 is 2.59 bits per heavy atom. The summed E-state index contributed by atoms with van der Waals surface area (Å²) in [6, 6.07) is 10.4. The zero-order valence-corrected chi connectivity index (χ0v) is 18.5. The molecule has 0 bridgehead atoms. The van der Waals surface area contributed by atoms with Crippen LogP contribution in [-0.2, 0) is 5.92 Å². The van der Waals surface area contributed by atoms with Gasteiger partial charge in [-0.15, -0.1) is 0 Å². The third-order valence-electron chi connectivity index (χ3n) is 5.83. The Kier molecular flexibility index (Phi) is 5.95. The van der Waals surface area contributed by atoms with Crippen LogP contribution in [0.2, 0.25) is 0 Å². The highest BCUT2D eigenvalue weighted by molar-refractivity contribution is 6.02. The molecular weight excluding hydrogens is 412 g/mol. The average molecular weight is 440 g/mol. The lowest BCUT2D eigenvalue weighted by atomic mass is 10.0. The van der Waals surface area contributed by atoms with Gasteiger partial charge in [-0.05, 0) is 51.0 Å². The van der Waals surface area contributed by atoms with Gasteiger partial charge in [0.15, 0.2) is 0 Å². The summed E-state index contributed by atoms with van der Waals surface area (Å²) in [6.45, 7) is 5.86. The highest BCUT2D eigenvalue weighted by Crippen LogP contribution is 2.34. The lowest BCUT2D eigenvalue weighted by Crippen LogP contribution is -2.46. The van der Waals surface area contributed by atoms with Crippen molar-refractivity contribution in [3.05, 3.63) is 59.5 Å². The maximum absolute atomic E-state index is 14.0. The Balaban J connectivity index is 1.40. The van der Waals surface area contributed by atoms with E-state index in [1.54, 1.807) is 0 Å². The number of hydrogen-bond acceptors (Lipinski definition) is 4. The first-order chi connectivity index (χ1) is 15.2. The van der Waals surface area contributed by atoms with Crippen LogP contribution in [0.3, 0.4) is 0 Å². The number of urea groups is 1. The van der Waals surface area contributed by atoms with E-state index < -0.39 is 5.92 Å². The maximum atomic E-state index is 14.0. The molecule has 0 saturated carbocycles. The van der Waals surface area contributed by atoms with Crippen molar-refractivity contribution in [3.8, 4) is 0 Å². The second kappa shape index (κ2) is 8.68. The van der Waals surface area contributed by atoms with E-state index in [1.165, 1.54) is 18.3 Å². The fourth-order valence-electron chi connectivity index (χ4n) is 4.28. The van der Waals surface area contributed by atoms with Crippen molar-refractivity contribution in [2.45, 2.75) is 45.6 Å². The standard InChI is InChI=1S/C24H27F2N5O/c1-15-14-19-18(16(2)28-15)6-4-8-21(19)30-23(32)29-17-9-12-31(13-10-17)22-20(24(3,25)26)7-5-11-27-22/h4-8,11,14,17H,9-10,12-13H2,1-3H3,(H2,29,30,32). The molecule has 1 aliphatic heterocycles. The molecule has 1 saturated heterocycles. The van der Waals surface area contributed by atoms with Gasteiger partial charge in [0.25, 0.3) is 5.92 Å². The first-order valence-electron chi connectivity index (χ1n) is 10.7. The number of carbonyl (C=O) groups excluding carboxylic acids is 1. The number of anilines is 2. The van der Waals surface area contributed by atoms with Gasteiger partial charge in [-0.25, -0.2) is 18.6 Å². The zero-order valence-electron chi connectivity index (χ0n) is 18.5. The molecule has 0 atom stereocenters. The molecule has 2 N–H and O–H groups in total. The van der Waals surface area contributed by atoms with Crippen molar-refractivity contribution in [1.82, 2.24) is 15.3 Å². The third kappa shape index (κ3) is 4.64. The number of pyridine rings is 2. The summed E-state index contributed by atoms with van der Waals surface area (Å²) >= 11 is 0. The minimum atomic E-state index is -2.96. The molecule has 8 heteroatoms. The van der Waals surface area contributed by atoms with Crippen molar-refractivity contribution in [2.24, 2.45) is 0 Å². The third-order valence-corrected chi connectivity index (χ3v) is 5.83. The molecule has 3 aromatic rings. The number of benzene rings is 1. The first kappa shape index (κ1) is 21.9. The fourth-order valence-corrected chi connectivity index (χ4v) is 4.28. The Hall–Kier alpha value is -3.29. The molecule has 4 rings (SSSR count). The number of nitrogens with one attached hydrogen (secondary N) is 2. The largest absolute Gasteiger partial charge is 0.356 e. The van der Waals surface area contributed by atoms with E-state index in [1.807, 2.05) is 43.0 Å². The van der Waals surface area contributed by atoms with Crippen molar-refractivity contribution in [3.63, 3.8) is 0 Å². The van der Waals surface area contributed by atoms with Gasteiger partial charge in [0, 0.05) is 54.4 Å². The van der Waals surface area contributed by atoms with Crippen LogP contribution in [0.15, 0.2) is 42.6 Å². The van der Waals surface area contributed by atoms with Crippen LogP contribution in [0.25, 0.3) is 10.8 Å². The molecule has 0 radical (unpaired) electrons. The first-order valence-corrected chi connectivity index (χ1v) is 10.7. The molecule has 0 aliphatic carbocycles. The summed E-state index contributed by atoms with van der Waals surface area (Å²) in [5, 5.41) is 7.92. The summed E-state index contributed by atoms with van der Waals surface area (Å²) in [5.74, 6) is -2.64. The van der Waals surface area contributed by atoms with Crippen LogP contribution in [0.1, 0.15) is 36.7 Å². The lowest BCUT2D eigenvalue weighted by Gasteiger charge is -2.34. The molecule has 0 unspecified atom stereocenters. The summed E-state index contributed by atoms with van der Waals surface area (Å²) in [5.41, 5.74) is 2.47. The molecule has 32 heavy (non-hydrogen) atoms. The highest BCUT2D eigenvalue weighted by atomic mass is 19.3. The lowest BCUT2D eigenvalue weighted by molar-refractivity contribution is 0.0176. The SMILES string of the molecule is Cc1cc2c(NC(=O)NC3CCN(c4ncccc4C(C)(F)F)CC3)cccc2c(C)n1. The van der Waals surface area contributed by atoms with E-state index in [2.05, 4.69) is 20.6 Å². The van der Waals surface area contributed by atoms with Gasteiger partial charge in [0.05, 0.1) is 11.3 Å². The monoisotopic (exact) mass is 439 g/mol. The topological polar surface area (TPSA) is 70.2 Å². The average Bonchev–Trinajstić information content (AvgIpc) is 2.74. The molecule has 0 spiro atoms. The van der Waals surface area contributed by atoms with E-state index >= 15 is 0 Å². The molecule has 1 aliphatic rings.